The normalized spacial score (nSPS) is 12.0. The molecule has 0 heterocycles. The molecule has 0 amide bonds. The van der Waals surface area contributed by atoms with Gasteiger partial charge in [-0.3, -0.25) is 0 Å². The van der Waals surface area contributed by atoms with E-state index in [9.17, 15) is 0 Å². The van der Waals surface area contributed by atoms with Crippen molar-refractivity contribution in [2.75, 3.05) is 0 Å². The van der Waals surface area contributed by atoms with E-state index in [-0.39, 0.29) is 0 Å². The number of hydrogen-bond donors (Lipinski definition) is 0. The molecule has 0 radical (unpaired) electrons. The van der Waals surface area contributed by atoms with Crippen LogP contribution in [0.4, 0.5) is 0 Å². The summed E-state index contributed by atoms with van der Waals surface area (Å²) >= 11 is -2.91. The van der Waals surface area contributed by atoms with Gasteiger partial charge in [-0.15, -0.1) is 0 Å². The van der Waals surface area contributed by atoms with Crippen molar-refractivity contribution >= 4 is 28.3 Å². The van der Waals surface area contributed by atoms with Gasteiger partial charge in [-0.05, 0) is 0 Å². The molecule has 0 nitrogen and oxygen atoms in total. The molecule has 3 aromatic rings. The van der Waals surface area contributed by atoms with Crippen molar-refractivity contribution in [3.8, 4) is 9.55 Å². The molecule has 0 fully saturated rings. The molecule has 3 rings (SSSR count). The minimum absolute atomic E-state index is 0.463. The van der Waals surface area contributed by atoms with Gasteiger partial charge in [0.25, 0.3) is 0 Å². The third-order valence-electron chi connectivity index (χ3n) is 8.01. The number of aryl methyl sites for hydroxylation is 1. The van der Waals surface area contributed by atoms with Crippen LogP contribution in [0, 0.1) is 16.5 Å². The van der Waals surface area contributed by atoms with E-state index < -0.39 is 21.8 Å². The Bertz CT molecular complexity index is 1220. The van der Waals surface area contributed by atoms with E-state index >= 15 is 0 Å². The van der Waals surface area contributed by atoms with Gasteiger partial charge in [-0.2, -0.15) is 0 Å². The van der Waals surface area contributed by atoms with Crippen LogP contribution in [-0.4, -0.2) is 21.8 Å². The zero-order valence-electron chi connectivity index (χ0n) is 27.5. The summed E-state index contributed by atoms with van der Waals surface area (Å²) in [6.07, 6.45) is 0. The summed E-state index contributed by atoms with van der Waals surface area (Å²) in [7, 11) is 0. The summed E-state index contributed by atoms with van der Waals surface area (Å²) in [5, 5.41) is 0. The fourth-order valence-electron chi connectivity index (χ4n) is 5.33. The fourth-order valence-corrected chi connectivity index (χ4v) is 17.0. The maximum atomic E-state index is 4.12. The van der Waals surface area contributed by atoms with Gasteiger partial charge in [0.15, 0.2) is 0 Å². The fraction of sp³-hybridized carbons (Fsp3) is 0.487. The van der Waals surface area contributed by atoms with Crippen molar-refractivity contribution < 1.29 is 0 Å². The summed E-state index contributed by atoms with van der Waals surface area (Å²) < 4.78 is 7.41. The summed E-state index contributed by atoms with van der Waals surface area (Å²) in [6.45, 7) is 30.6. The van der Waals surface area contributed by atoms with E-state index in [1.807, 2.05) is 0 Å². The van der Waals surface area contributed by atoms with E-state index in [1.165, 1.54) is 16.7 Å². The molecular weight excluding hydrogens is 677 g/mol. The second-order valence-corrected chi connectivity index (χ2v) is 20.4. The standard InChI is InChI=1S/2C15H23.C9H7.Bi/c2*1-10(2)13-7-14(11(3)4)9-15(8-13)12(5)6;1-3-9-6-4-8(2)5-7-9;/h2*7-8,10-12H,1-6H3;4-7H,2H3;. The molecule has 214 valence electrons. The molecular formula is C39H53Bi. The molecule has 0 atom stereocenters. The average Bonchev–Trinajstić information content (AvgIpc) is 2.88. The van der Waals surface area contributed by atoms with Crippen LogP contribution in [0.15, 0.2) is 48.5 Å². The van der Waals surface area contributed by atoms with Crippen LogP contribution in [0.25, 0.3) is 0 Å². The number of hydrogen-bond acceptors (Lipinski definition) is 0. The Morgan fingerprint density at radius 3 is 1.07 bits per heavy atom. The predicted octanol–water partition coefficient (Wildman–Crippen LogP) is 9.94. The second kappa shape index (κ2) is 13.8. The Morgan fingerprint density at radius 2 is 0.800 bits per heavy atom. The van der Waals surface area contributed by atoms with Gasteiger partial charge in [-0.25, -0.2) is 0 Å². The summed E-state index contributed by atoms with van der Waals surface area (Å²) in [4.78, 5) is 0. The molecule has 0 N–H and O–H groups in total. The third-order valence-corrected chi connectivity index (χ3v) is 16.8. The zero-order chi connectivity index (χ0) is 29.9. The average molecular weight is 731 g/mol. The molecule has 0 spiro atoms. The van der Waals surface area contributed by atoms with Crippen molar-refractivity contribution in [3.05, 3.63) is 93.0 Å². The maximum absolute atomic E-state index is 4.12. The van der Waals surface area contributed by atoms with E-state index in [0.717, 1.165) is 5.56 Å². The topological polar surface area (TPSA) is 0 Å². The molecule has 0 saturated heterocycles. The Labute approximate surface area is 255 Å². The van der Waals surface area contributed by atoms with Crippen molar-refractivity contribution in [3.63, 3.8) is 0 Å². The van der Waals surface area contributed by atoms with E-state index in [1.54, 1.807) is 28.8 Å². The van der Waals surface area contributed by atoms with Gasteiger partial charge >= 0.3 is 256 Å². The SMILES string of the molecule is Cc1ccc(C#[C][Bi]([c]2c(C(C)C)cc(C(C)C)cc2C(C)C)[c]2c(C(C)C)cc(C(C)C)cc2C(C)C)cc1. The van der Waals surface area contributed by atoms with Crippen LogP contribution in [0.5, 0.6) is 0 Å². The van der Waals surface area contributed by atoms with E-state index in [0.29, 0.717) is 35.5 Å². The quantitative estimate of drug-likeness (QED) is 0.160. The first-order valence-corrected chi connectivity index (χ1v) is 20.7. The van der Waals surface area contributed by atoms with Crippen LogP contribution in [0.2, 0.25) is 0 Å². The molecule has 1 heteroatoms. The Balaban J connectivity index is 2.54. The molecule has 0 saturated carbocycles. The number of rotatable bonds is 8. The summed E-state index contributed by atoms with van der Waals surface area (Å²) in [5.74, 6) is 6.62. The van der Waals surface area contributed by atoms with Crippen LogP contribution in [-0.2, 0) is 0 Å². The van der Waals surface area contributed by atoms with Gasteiger partial charge in [0, 0.05) is 0 Å². The van der Waals surface area contributed by atoms with Crippen molar-refractivity contribution in [1.82, 2.24) is 0 Å². The molecule has 0 aliphatic heterocycles. The van der Waals surface area contributed by atoms with E-state index in [4.69, 9.17) is 0 Å². The van der Waals surface area contributed by atoms with Gasteiger partial charge < -0.3 is 0 Å². The monoisotopic (exact) mass is 730 g/mol. The van der Waals surface area contributed by atoms with Gasteiger partial charge in [0.05, 0.1) is 0 Å². The second-order valence-electron chi connectivity index (χ2n) is 13.5. The van der Waals surface area contributed by atoms with Crippen LogP contribution in [0.1, 0.15) is 163 Å². The van der Waals surface area contributed by atoms with Crippen molar-refractivity contribution in [1.29, 1.82) is 0 Å². The summed E-state index contributed by atoms with van der Waals surface area (Å²) in [6, 6.07) is 19.0. The molecule has 0 aromatic heterocycles. The first-order valence-electron chi connectivity index (χ1n) is 15.5. The van der Waals surface area contributed by atoms with Gasteiger partial charge in [-0.1, -0.05) is 0 Å². The molecule has 0 aliphatic rings. The summed E-state index contributed by atoms with van der Waals surface area (Å²) in [5.41, 5.74) is 11.5. The van der Waals surface area contributed by atoms with Gasteiger partial charge in [0.2, 0.25) is 0 Å². The molecule has 0 bridgehead atoms. The van der Waals surface area contributed by atoms with Crippen LogP contribution in [0.3, 0.4) is 0 Å². The third kappa shape index (κ3) is 7.48. The first kappa shape index (κ1) is 32.6. The Kier molecular flexibility index (Phi) is 11.3. The van der Waals surface area contributed by atoms with Crippen molar-refractivity contribution in [2.45, 2.75) is 126 Å². The molecule has 0 unspecified atom stereocenters. The number of benzene rings is 3. The Hall–Kier alpha value is -1.90. The Morgan fingerprint density at radius 1 is 0.475 bits per heavy atom. The minimum atomic E-state index is -2.91. The molecule has 3 aromatic carbocycles. The predicted molar refractivity (Wildman–Crippen MR) is 180 cm³/mol. The van der Waals surface area contributed by atoms with Gasteiger partial charge in [0.1, 0.15) is 0 Å². The van der Waals surface area contributed by atoms with Crippen molar-refractivity contribution in [2.24, 2.45) is 0 Å². The van der Waals surface area contributed by atoms with E-state index in [2.05, 4.69) is 148 Å². The first-order chi connectivity index (χ1) is 18.7. The van der Waals surface area contributed by atoms with Crippen LogP contribution < -0.4 is 6.54 Å². The zero-order valence-corrected chi connectivity index (χ0v) is 31.0. The molecule has 40 heavy (non-hydrogen) atoms. The molecule has 0 aliphatic carbocycles. The van der Waals surface area contributed by atoms with Crippen LogP contribution >= 0.6 is 0 Å².